The first-order chi connectivity index (χ1) is 14.3. The standard InChI is InChI=1S/C23H24N4OS/c1-28-21-13-11-20(12-14-21)27-22(19-5-3-2-4-6-19)25-26-23(27)29-16-18-9-7-17(15-24)8-10-18/h7-14,19H,2-6,16H2,1H3. The molecule has 0 saturated heterocycles. The van der Waals surface area contributed by atoms with Crippen LogP contribution in [0.2, 0.25) is 0 Å². The summed E-state index contributed by atoms with van der Waals surface area (Å²) in [6.45, 7) is 0. The lowest BCUT2D eigenvalue weighted by Gasteiger charge is -2.22. The molecule has 29 heavy (non-hydrogen) atoms. The fourth-order valence-corrected chi connectivity index (χ4v) is 4.71. The molecule has 5 nitrogen and oxygen atoms in total. The zero-order valence-electron chi connectivity index (χ0n) is 16.5. The molecule has 0 atom stereocenters. The summed E-state index contributed by atoms with van der Waals surface area (Å²) in [7, 11) is 1.68. The highest BCUT2D eigenvalue weighted by Crippen LogP contribution is 2.35. The van der Waals surface area contributed by atoms with E-state index in [1.54, 1.807) is 18.9 Å². The zero-order chi connectivity index (χ0) is 20.1. The number of hydrogen-bond acceptors (Lipinski definition) is 5. The molecule has 4 rings (SSSR count). The Bertz CT molecular complexity index is 983. The molecule has 0 amide bonds. The van der Waals surface area contributed by atoms with Crippen LogP contribution in [0.4, 0.5) is 0 Å². The number of nitrogens with zero attached hydrogens (tertiary/aromatic N) is 4. The highest BCUT2D eigenvalue weighted by atomic mass is 32.2. The Kier molecular flexibility index (Phi) is 6.16. The Hall–Kier alpha value is -2.78. The van der Waals surface area contributed by atoms with Gasteiger partial charge in [0.2, 0.25) is 0 Å². The number of aromatic nitrogens is 3. The second-order valence-electron chi connectivity index (χ2n) is 7.31. The van der Waals surface area contributed by atoms with Crippen LogP contribution in [0.5, 0.6) is 5.75 Å². The van der Waals surface area contributed by atoms with Crippen molar-refractivity contribution in [3.05, 3.63) is 65.5 Å². The molecule has 0 radical (unpaired) electrons. The predicted molar refractivity (Wildman–Crippen MR) is 114 cm³/mol. The maximum Gasteiger partial charge on any atom is 0.196 e. The van der Waals surface area contributed by atoms with Crippen molar-refractivity contribution < 1.29 is 4.74 Å². The summed E-state index contributed by atoms with van der Waals surface area (Å²) in [6.07, 6.45) is 6.18. The molecule has 1 aliphatic rings. The maximum absolute atomic E-state index is 8.98. The molecular formula is C23H24N4OS. The van der Waals surface area contributed by atoms with Gasteiger partial charge in [0.25, 0.3) is 0 Å². The zero-order valence-corrected chi connectivity index (χ0v) is 17.4. The summed E-state index contributed by atoms with van der Waals surface area (Å²) in [5.74, 6) is 3.15. The minimum atomic E-state index is 0.461. The molecule has 3 aromatic rings. The van der Waals surface area contributed by atoms with Crippen molar-refractivity contribution in [3.8, 4) is 17.5 Å². The van der Waals surface area contributed by atoms with Gasteiger partial charge < -0.3 is 4.74 Å². The molecule has 0 N–H and O–H groups in total. The number of rotatable bonds is 6. The SMILES string of the molecule is COc1ccc(-n2c(SCc3ccc(C#N)cc3)nnc2C2CCCCC2)cc1. The summed E-state index contributed by atoms with van der Waals surface area (Å²) in [5, 5.41) is 19.0. The third-order valence-corrected chi connectivity index (χ3v) is 6.41. The smallest absolute Gasteiger partial charge is 0.196 e. The first-order valence-corrected chi connectivity index (χ1v) is 11.0. The van der Waals surface area contributed by atoms with Gasteiger partial charge in [-0.15, -0.1) is 10.2 Å². The van der Waals surface area contributed by atoms with Crippen LogP contribution in [-0.4, -0.2) is 21.9 Å². The Balaban J connectivity index is 1.63. The van der Waals surface area contributed by atoms with Gasteiger partial charge in [-0.05, 0) is 54.8 Å². The molecule has 148 valence electrons. The van der Waals surface area contributed by atoms with E-state index >= 15 is 0 Å². The molecule has 1 aliphatic carbocycles. The second kappa shape index (κ2) is 9.15. The molecule has 1 aromatic heterocycles. The maximum atomic E-state index is 8.98. The van der Waals surface area contributed by atoms with Crippen LogP contribution in [-0.2, 0) is 5.75 Å². The first kappa shape index (κ1) is 19.5. The van der Waals surface area contributed by atoms with E-state index in [9.17, 15) is 0 Å². The number of nitriles is 1. The van der Waals surface area contributed by atoms with Gasteiger partial charge in [0, 0.05) is 17.4 Å². The Morgan fingerprint density at radius 1 is 1.03 bits per heavy atom. The number of benzene rings is 2. The summed E-state index contributed by atoms with van der Waals surface area (Å²) in [4.78, 5) is 0. The lowest BCUT2D eigenvalue weighted by atomic mass is 9.88. The van der Waals surface area contributed by atoms with Crippen molar-refractivity contribution in [1.82, 2.24) is 14.8 Å². The van der Waals surface area contributed by atoms with Gasteiger partial charge in [-0.25, -0.2) is 0 Å². The van der Waals surface area contributed by atoms with E-state index in [4.69, 9.17) is 10.00 Å². The van der Waals surface area contributed by atoms with Crippen LogP contribution < -0.4 is 4.74 Å². The van der Waals surface area contributed by atoms with Crippen molar-refractivity contribution in [2.75, 3.05) is 7.11 Å². The van der Waals surface area contributed by atoms with E-state index in [0.29, 0.717) is 11.5 Å². The van der Waals surface area contributed by atoms with E-state index in [-0.39, 0.29) is 0 Å². The third-order valence-electron chi connectivity index (χ3n) is 5.41. The van der Waals surface area contributed by atoms with Crippen LogP contribution in [0.15, 0.2) is 53.7 Å². The van der Waals surface area contributed by atoms with Crippen LogP contribution >= 0.6 is 11.8 Å². The van der Waals surface area contributed by atoms with Crippen molar-refractivity contribution in [2.45, 2.75) is 48.9 Å². The van der Waals surface area contributed by atoms with Gasteiger partial charge in [-0.3, -0.25) is 4.57 Å². The van der Waals surface area contributed by atoms with Crippen molar-refractivity contribution in [1.29, 1.82) is 5.26 Å². The van der Waals surface area contributed by atoms with Crippen molar-refractivity contribution in [3.63, 3.8) is 0 Å². The predicted octanol–water partition coefficient (Wildman–Crippen LogP) is 5.49. The normalized spacial score (nSPS) is 14.5. The Morgan fingerprint density at radius 2 is 1.76 bits per heavy atom. The van der Waals surface area contributed by atoms with Crippen molar-refractivity contribution >= 4 is 11.8 Å². The van der Waals surface area contributed by atoms with E-state index in [1.807, 2.05) is 36.4 Å². The minimum Gasteiger partial charge on any atom is -0.497 e. The van der Waals surface area contributed by atoms with E-state index < -0.39 is 0 Å². The molecule has 1 heterocycles. The van der Waals surface area contributed by atoms with Gasteiger partial charge in [-0.1, -0.05) is 43.2 Å². The molecule has 1 fully saturated rings. The van der Waals surface area contributed by atoms with Crippen LogP contribution in [0.3, 0.4) is 0 Å². The average molecular weight is 405 g/mol. The van der Waals surface area contributed by atoms with Crippen LogP contribution in [0, 0.1) is 11.3 Å². The summed E-state index contributed by atoms with van der Waals surface area (Å²) in [5.41, 5.74) is 2.91. The van der Waals surface area contributed by atoms with E-state index in [2.05, 4.69) is 33.0 Å². The van der Waals surface area contributed by atoms with Crippen LogP contribution in [0.25, 0.3) is 5.69 Å². The van der Waals surface area contributed by atoms with Crippen LogP contribution in [0.1, 0.15) is 55.0 Å². The van der Waals surface area contributed by atoms with Gasteiger partial charge >= 0.3 is 0 Å². The molecular weight excluding hydrogens is 380 g/mol. The number of hydrogen-bond donors (Lipinski definition) is 0. The average Bonchev–Trinajstić information content (AvgIpc) is 3.22. The Morgan fingerprint density at radius 3 is 2.41 bits per heavy atom. The fraction of sp³-hybridized carbons (Fsp3) is 0.348. The van der Waals surface area contributed by atoms with Gasteiger partial charge in [-0.2, -0.15) is 5.26 Å². The molecule has 0 bridgehead atoms. The second-order valence-corrected chi connectivity index (χ2v) is 8.25. The number of ether oxygens (including phenoxy) is 1. The highest BCUT2D eigenvalue weighted by molar-refractivity contribution is 7.98. The number of methoxy groups -OCH3 is 1. The molecule has 0 unspecified atom stereocenters. The lowest BCUT2D eigenvalue weighted by molar-refractivity contribution is 0.414. The largest absolute Gasteiger partial charge is 0.497 e. The fourth-order valence-electron chi connectivity index (χ4n) is 3.80. The summed E-state index contributed by atoms with van der Waals surface area (Å²) in [6, 6.07) is 18.0. The monoisotopic (exact) mass is 404 g/mol. The van der Waals surface area contributed by atoms with Gasteiger partial charge in [0.15, 0.2) is 5.16 Å². The van der Waals surface area contributed by atoms with Crippen molar-refractivity contribution in [2.24, 2.45) is 0 Å². The van der Waals surface area contributed by atoms with Gasteiger partial charge in [0.05, 0.1) is 18.7 Å². The van der Waals surface area contributed by atoms with E-state index in [1.165, 1.54) is 32.1 Å². The van der Waals surface area contributed by atoms with E-state index in [0.717, 1.165) is 33.7 Å². The number of thioether (sulfide) groups is 1. The summed E-state index contributed by atoms with van der Waals surface area (Å²) >= 11 is 1.68. The Labute approximate surface area is 175 Å². The molecule has 2 aromatic carbocycles. The first-order valence-electron chi connectivity index (χ1n) is 10.00. The molecule has 0 aliphatic heterocycles. The molecule has 6 heteroatoms. The summed E-state index contributed by atoms with van der Waals surface area (Å²) < 4.78 is 7.53. The minimum absolute atomic E-state index is 0.461. The van der Waals surface area contributed by atoms with Gasteiger partial charge in [0.1, 0.15) is 11.6 Å². The molecule has 0 spiro atoms. The molecule has 1 saturated carbocycles. The quantitative estimate of drug-likeness (QED) is 0.509. The third kappa shape index (κ3) is 4.46. The lowest BCUT2D eigenvalue weighted by Crippen LogP contribution is -2.12. The highest BCUT2D eigenvalue weighted by Gasteiger charge is 2.24. The topological polar surface area (TPSA) is 63.7 Å².